The first-order valence-electron chi connectivity index (χ1n) is 3.85. The molecule has 0 heterocycles. The van der Waals surface area contributed by atoms with Crippen molar-refractivity contribution < 1.29 is 19.4 Å². The maximum Gasteiger partial charge on any atom is 0.331 e. The van der Waals surface area contributed by atoms with Crippen LogP contribution < -0.4 is 0 Å². The number of esters is 1. The molecule has 0 aromatic carbocycles. The first-order chi connectivity index (χ1) is 6.08. The van der Waals surface area contributed by atoms with Gasteiger partial charge in [-0.05, 0) is 18.9 Å². The molecule has 0 spiro atoms. The molecule has 1 aliphatic rings. The molecule has 0 radical (unpaired) electrons. The molecule has 0 bridgehead atoms. The Morgan fingerprint density at radius 1 is 1.38 bits per heavy atom. The molecular weight excluding hydrogens is 172 g/mol. The quantitative estimate of drug-likeness (QED) is 0.398. The van der Waals surface area contributed by atoms with E-state index < -0.39 is 17.5 Å². The number of hydrogen-bond acceptors (Lipinski definition) is 3. The summed E-state index contributed by atoms with van der Waals surface area (Å²) in [4.78, 5) is 21.0. The lowest BCUT2D eigenvalue weighted by atomic mass is 10.3. The minimum Gasteiger partial charge on any atom is -0.478 e. The van der Waals surface area contributed by atoms with Gasteiger partial charge in [-0.3, -0.25) is 0 Å². The van der Waals surface area contributed by atoms with E-state index >= 15 is 0 Å². The van der Waals surface area contributed by atoms with Crippen LogP contribution in [0.15, 0.2) is 24.8 Å². The highest BCUT2D eigenvalue weighted by Crippen LogP contribution is 2.40. The molecule has 0 unspecified atom stereocenters. The Kier molecular flexibility index (Phi) is 2.51. The number of rotatable bonds is 4. The lowest BCUT2D eigenvalue weighted by molar-refractivity contribution is -0.143. The Morgan fingerprint density at radius 2 is 2.00 bits per heavy atom. The van der Waals surface area contributed by atoms with Gasteiger partial charge in [-0.2, -0.15) is 0 Å². The van der Waals surface area contributed by atoms with Crippen molar-refractivity contribution >= 4 is 11.9 Å². The molecule has 0 atom stereocenters. The van der Waals surface area contributed by atoms with Crippen LogP contribution in [-0.4, -0.2) is 22.6 Å². The molecule has 1 saturated carbocycles. The molecule has 1 N–H and O–H groups in total. The summed E-state index contributed by atoms with van der Waals surface area (Å²) in [5.41, 5.74) is -0.528. The van der Waals surface area contributed by atoms with Crippen LogP contribution in [0, 0.1) is 0 Å². The van der Waals surface area contributed by atoms with Crippen LogP contribution in [0.3, 0.4) is 0 Å². The molecule has 1 aliphatic carbocycles. The second-order valence-corrected chi connectivity index (χ2v) is 2.86. The highest BCUT2D eigenvalue weighted by molar-refractivity contribution is 5.91. The zero-order valence-electron chi connectivity index (χ0n) is 7.03. The van der Waals surface area contributed by atoms with Gasteiger partial charge in [0.2, 0.25) is 0 Å². The molecule has 70 valence electrons. The maximum atomic E-state index is 10.9. The largest absolute Gasteiger partial charge is 0.478 e. The van der Waals surface area contributed by atoms with Crippen LogP contribution >= 0.6 is 0 Å². The second-order valence-electron chi connectivity index (χ2n) is 2.86. The molecule has 4 heteroatoms. The van der Waals surface area contributed by atoms with E-state index in [0.717, 1.165) is 25.0 Å². The van der Waals surface area contributed by atoms with Gasteiger partial charge in [0.1, 0.15) is 5.60 Å². The fourth-order valence-corrected chi connectivity index (χ4v) is 0.845. The molecule has 0 aromatic rings. The summed E-state index contributed by atoms with van der Waals surface area (Å²) in [5, 5.41) is 8.22. The molecule has 0 saturated heterocycles. The third kappa shape index (κ3) is 2.74. The smallest absolute Gasteiger partial charge is 0.331 e. The summed E-state index contributed by atoms with van der Waals surface area (Å²) in [6.45, 7) is 3.53. The van der Waals surface area contributed by atoms with Crippen molar-refractivity contribution in [2.45, 2.75) is 18.4 Å². The summed E-state index contributed by atoms with van der Waals surface area (Å²) in [5.74, 6) is -1.81. The van der Waals surface area contributed by atoms with Crippen LogP contribution in [0.4, 0.5) is 0 Å². The predicted molar refractivity (Wildman–Crippen MR) is 45.0 cm³/mol. The van der Waals surface area contributed by atoms with Crippen molar-refractivity contribution in [1.29, 1.82) is 0 Å². The normalized spacial score (nSPS) is 18.2. The van der Waals surface area contributed by atoms with Crippen LogP contribution in [0.1, 0.15) is 12.8 Å². The van der Waals surface area contributed by atoms with Crippen molar-refractivity contribution in [3.05, 3.63) is 24.8 Å². The SMILES string of the molecule is C=CC1(OC(=O)/C=C/C(=O)O)CC1. The number of aliphatic carboxylic acids is 1. The first-order valence-corrected chi connectivity index (χ1v) is 3.85. The molecule has 0 aliphatic heterocycles. The van der Waals surface area contributed by atoms with Crippen molar-refractivity contribution in [2.75, 3.05) is 0 Å². The van der Waals surface area contributed by atoms with Gasteiger partial charge in [-0.25, -0.2) is 9.59 Å². The second kappa shape index (κ2) is 3.43. The molecule has 13 heavy (non-hydrogen) atoms. The van der Waals surface area contributed by atoms with Gasteiger partial charge in [0, 0.05) is 12.2 Å². The summed E-state index contributed by atoms with van der Waals surface area (Å²) in [6, 6.07) is 0. The Labute approximate surface area is 75.5 Å². The Balaban J connectivity index is 2.42. The summed E-state index contributed by atoms with van der Waals surface area (Å²) in [7, 11) is 0. The molecule has 4 nitrogen and oxygen atoms in total. The number of carbonyl (C=O) groups is 2. The number of ether oxygens (including phenoxy) is 1. The minimum atomic E-state index is -1.17. The van der Waals surface area contributed by atoms with E-state index in [4.69, 9.17) is 9.84 Å². The summed E-state index contributed by atoms with van der Waals surface area (Å²) >= 11 is 0. The van der Waals surface area contributed by atoms with E-state index in [9.17, 15) is 9.59 Å². The number of carboxylic acids is 1. The van der Waals surface area contributed by atoms with Crippen molar-refractivity contribution in [3.8, 4) is 0 Å². The number of carbonyl (C=O) groups excluding carboxylic acids is 1. The summed E-state index contributed by atoms with van der Waals surface area (Å²) in [6.07, 6.45) is 4.75. The van der Waals surface area contributed by atoms with E-state index in [-0.39, 0.29) is 0 Å². The van der Waals surface area contributed by atoms with Crippen LogP contribution in [-0.2, 0) is 14.3 Å². The van der Waals surface area contributed by atoms with Gasteiger partial charge in [0.25, 0.3) is 0 Å². The lowest BCUT2D eigenvalue weighted by Crippen LogP contribution is -2.15. The Bertz CT molecular complexity index is 273. The zero-order chi connectivity index (χ0) is 9.90. The lowest BCUT2D eigenvalue weighted by Gasteiger charge is -2.08. The van der Waals surface area contributed by atoms with Crippen LogP contribution in [0.25, 0.3) is 0 Å². The number of carboxylic acid groups (broad SMARTS) is 1. The standard InChI is InChI=1S/C9H10O4/c1-2-9(5-6-9)13-8(12)4-3-7(10)11/h2-4H,1,5-6H2,(H,10,11)/b4-3+. The maximum absolute atomic E-state index is 10.9. The molecule has 1 rings (SSSR count). The van der Waals surface area contributed by atoms with Gasteiger partial charge in [0.05, 0.1) is 0 Å². The van der Waals surface area contributed by atoms with Crippen LogP contribution in [0.2, 0.25) is 0 Å². The summed E-state index contributed by atoms with van der Waals surface area (Å²) < 4.78 is 4.94. The van der Waals surface area contributed by atoms with Gasteiger partial charge < -0.3 is 9.84 Å². The Hall–Kier alpha value is -1.58. The van der Waals surface area contributed by atoms with E-state index in [1.807, 2.05) is 0 Å². The third-order valence-electron chi connectivity index (χ3n) is 1.78. The monoisotopic (exact) mass is 182 g/mol. The van der Waals surface area contributed by atoms with Crippen molar-refractivity contribution in [3.63, 3.8) is 0 Å². The van der Waals surface area contributed by atoms with Gasteiger partial charge >= 0.3 is 11.9 Å². The minimum absolute atomic E-state index is 0.528. The van der Waals surface area contributed by atoms with E-state index in [2.05, 4.69) is 6.58 Å². The number of hydrogen-bond donors (Lipinski definition) is 1. The average molecular weight is 182 g/mol. The highest BCUT2D eigenvalue weighted by Gasteiger charge is 2.43. The predicted octanol–water partition coefficient (Wildman–Crippen LogP) is 0.889. The Morgan fingerprint density at radius 3 is 2.38 bits per heavy atom. The van der Waals surface area contributed by atoms with Crippen LogP contribution in [0.5, 0.6) is 0 Å². The highest BCUT2D eigenvalue weighted by atomic mass is 16.6. The average Bonchev–Trinajstić information content (AvgIpc) is 2.82. The zero-order valence-corrected chi connectivity index (χ0v) is 7.03. The molecule has 1 fully saturated rings. The van der Waals surface area contributed by atoms with E-state index in [1.54, 1.807) is 6.08 Å². The van der Waals surface area contributed by atoms with Gasteiger partial charge in [-0.1, -0.05) is 6.58 Å². The van der Waals surface area contributed by atoms with E-state index in [0.29, 0.717) is 0 Å². The topological polar surface area (TPSA) is 63.6 Å². The first kappa shape index (κ1) is 9.51. The molecular formula is C9H10O4. The fourth-order valence-electron chi connectivity index (χ4n) is 0.845. The molecule has 0 aromatic heterocycles. The van der Waals surface area contributed by atoms with Crippen molar-refractivity contribution in [1.82, 2.24) is 0 Å². The van der Waals surface area contributed by atoms with Gasteiger partial charge in [-0.15, -0.1) is 0 Å². The van der Waals surface area contributed by atoms with E-state index in [1.165, 1.54) is 0 Å². The van der Waals surface area contributed by atoms with Crippen molar-refractivity contribution in [2.24, 2.45) is 0 Å². The third-order valence-corrected chi connectivity index (χ3v) is 1.78. The van der Waals surface area contributed by atoms with Gasteiger partial charge in [0.15, 0.2) is 0 Å². The fraction of sp³-hybridized carbons (Fsp3) is 0.333. The molecule has 0 amide bonds.